The topological polar surface area (TPSA) is 217 Å². The highest BCUT2D eigenvalue weighted by molar-refractivity contribution is 7.44. The van der Waals surface area contributed by atoms with Crippen molar-refractivity contribution < 1.29 is 75.7 Å². The molecule has 0 aromatic heterocycles. The number of amides is 1. The SMILES string of the molecule is COc1ccc(C(OC[C@@H]2C[C@@H](OP(OCCC#N)N(C(C)C)C(C)C)CN2C(=O)CCCCO[C@H]2OC(COC(=O)c3ccccc3)[C@@H](OC(=O)c3ccccc3)[C@H](OC(=O)c3ccccc3)C2OC(=O)c2ccccc2)(c2ccccc2)c2ccc(OC)cc2)cc1. The molecule has 0 bridgehead atoms. The van der Waals surface area contributed by atoms with E-state index in [4.69, 9.17) is 51.7 Å². The zero-order valence-corrected chi connectivity index (χ0v) is 54.5. The Hall–Kier alpha value is -8.83. The normalized spacial score (nSPS) is 19.0. The summed E-state index contributed by atoms with van der Waals surface area (Å²) in [5.74, 6) is -2.09. The molecule has 19 nitrogen and oxygen atoms in total. The van der Waals surface area contributed by atoms with E-state index >= 15 is 4.79 Å². The Kier molecular flexibility index (Phi) is 25.4. The summed E-state index contributed by atoms with van der Waals surface area (Å²) in [6.45, 7) is 8.08. The van der Waals surface area contributed by atoms with Crippen LogP contribution in [0.15, 0.2) is 200 Å². The quantitative estimate of drug-likeness (QED) is 0.0130. The maximum atomic E-state index is 15.1. The van der Waals surface area contributed by atoms with E-state index in [1.54, 1.807) is 123 Å². The van der Waals surface area contributed by atoms with Crippen molar-refractivity contribution in [3.05, 3.63) is 239 Å². The zero-order valence-electron chi connectivity index (χ0n) is 53.6. The fraction of sp³-hybridized carbons (Fsp3) is 0.351. The number of hydrogen-bond acceptors (Lipinski definition) is 18. The molecule has 7 aromatic carbocycles. The molecular weight excluding hydrogens is 1220 g/mol. The second-order valence-corrected chi connectivity index (χ2v) is 24.5. The van der Waals surface area contributed by atoms with E-state index in [2.05, 4.69) is 38.4 Å². The van der Waals surface area contributed by atoms with Crippen molar-refractivity contribution in [2.75, 3.05) is 47.2 Å². The molecule has 0 radical (unpaired) electrons. The molecule has 20 heteroatoms. The number of ether oxygens (including phenoxy) is 9. The second kappa shape index (κ2) is 34.4. The molecule has 492 valence electrons. The maximum Gasteiger partial charge on any atom is 0.338 e. The van der Waals surface area contributed by atoms with Gasteiger partial charge in [-0.05, 0) is 136 Å². The molecule has 0 saturated carbocycles. The number of rotatable bonds is 31. The summed E-state index contributed by atoms with van der Waals surface area (Å²) in [5.41, 5.74) is 1.93. The van der Waals surface area contributed by atoms with Crippen molar-refractivity contribution in [1.29, 1.82) is 5.26 Å². The average molecular weight is 1300 g/mol. The van der Waals surface area contributed by atoms with Crippen molar-refractivity contribution in [3.63, 3.8) is 0 Å². The smallest absolute Gasteiger partial charge is 0.338 e. The fourth-order valence-electron chi connectivity index (χ4n) is 11.5. The van der Waals surface area contributed by atoms with Gasteiger partial charge in [0.15, 0.2) is 24.6 Å². The highest BCUT2D eigenvalue weighted by atomic mass is 31.2. The Morgan fingerprint density at radius 1 is 0.574 bits per heavy atom. The Morgan fingerprint density at radius 2 is 1.03 bits per heavy atom. The number of esters is 4. The van der Waals surface area contributed by atoms with Crippen LogP contribution in [0, 0.1) is 11.3 Å². The van der Waals surface area contributed by atoms with Gasteiger partial charge in [0.2, 0.25) is 5.91 Å². The Labute approximate surface area is 550 Å². The van der Waals surface area contributed by atoms with Crippen LogP contribution in [0.3, 0.4) is 0 Å². The minimum absolute atomic E-state index is 0.0243. The van der Waals surface area contributed by atoms with E-state index in [1.807, 2.05) is 83.8 Å². The molecule has 2 heterocycles. The Balaban J connectivity index is 1.01. The summed E-state index contributed by atoms with van der Waals surface area (Å²) in [4.78, 5) is 73.1. The van der Waals surface area contributed by atoms with E-state index in [-0.39, 0.29) is 85.9 Å². The molecule has 2 aliphatic heterocycles. The van der Waals surface area contributed by atoms with E-state index in [0.717, 1.165) is 16.7 Å². The lowest BCUT2D eigenvalue weighted by Crippen LogP contribution is -2.63. The lowest BCUT2D eigenvalue weighted by molar-refractivity contribution is -0.298. The molecule has 2 fully saturated rings. The molecule has 3 unspecified atom stereocenters. The van der Waals surface area contributed by atoms with Crippen LogP contribution < -0.4 is 9.47 Å². The lowest BCUT2D eigenvalue weighted by Gasteiger charge is -2.44. The molecule has 9 rings (SSSR count). The van der Waals surface area contributed by atoms with Crippen LogP contribution >= 0.6 is 8.53 Å². The highest BCUT2D eigenvalue weighted by Gasteiger charge is 2.54. The molecule has 0 spiro atoms. The molecular formula is C74H80N3O16P. The third-order valence-electron chi connectivity index (χ3n) is 16.1. The van der Waals surface area contributed by atoms with Gasteiger partial charge >= 0.3 is 23.9 Å². The van der Waals surface area contributed by atoms with E-state index in [1.165, 1.54) is 12.1 Å². The summed E-state index contributed by atoms with van der Waals surface area (Å²) in [7, 11) is 1.53. The number of carbonyl (C=O) groups excluding carboxylic acids is 5. The number of unbranched alkanes of at least 4 members (excludes halogenated alkanes) is 1. The van der Waals surface area contributed by atoms with Gasteiger partial charge < -0.3 is 56.6 Å². The van der Waals surface area contributed by atoms with Crippen LogP contribution in [-0.2, 0) is 52.6 Å². The number of likely N-dealkylation sites (tertiary alicyclic amines) is 1. The first-order valence-corrected chi connectivity index (χ1v) is 32.6. The average Bonchev–Trinajstić information content (AvgIpc) is 0.905. The number of hydrogen-bond donors (Lipinski definition) is 0. The van der Waals surface area contributed by atoms with Gasteiger partial charge in [-0.3, -0.25) is 4.79 Å². The predicted molar refractivity (Wildman–Crippen MR) is 351 cm³/mol. The van der Waals surface area contributed by atoms with Crippen LogP contribution in [0.2, 0.25) is 0 Å². The monoisotopic (exact) mass is 1300 g/mol. The zero-order chi connectivity index (χ0) is 66.4. The molecule has 0 N–H and O–H groups in total. The first-order valence-electron chi connectivity index (χ1n) is 31.5. The van der Waals surface area contributed by atoms with Crippen LogP contribution in [0.1, 0.15) is 118 Å². The molecule has 8 atom stereocenters. The molecule has 2 saturated heterocycles. The number of methoxy groups -OCH3 is 2. The molecule has 94 heavy (non-hydrogen) atoms. The number of nitriles is 1. The summed E-state index contributed by atoms with van der Waals surface area (Å²) in [5, 5.41) is 9.53. The number of nitrogens with zero attached hydrogens (tertiary/aromatic N) is 3. The van der Waals surface area contributed by atoms with Crippen molar-refractivity contribution in [2.24, 2.45) is 0 Å². The summed E-state index contributed by atoms with van der Waals surface area (Å²) >= 11 is 0. The summed E-state index contributed by atoms with van der Waals surface area (Å²) in [6, 6.07) is 59.7. The summed E-state index contributed by atoms with van der Waals surface area (Å²) in [6.07, 6.45) is -7.05. The first kappa shape index (κ1) is 69.5. The maximum absolute atomic E-state index is 15.1. The lowest BCUT2D eigenvalue weighted by atomic mass is 9.80. The van der Waals surface area contributed by atoms with Gasteiger partial charge in [-0.1, -0.05) is 127 Å². The number of benzene rings is 7. The number of carbonyl (C=O) groups is 5. The van der Waals surface area contributed by atoms with Crippen molar-refractivity contribution >= 4 is 38.3 Å². The van der Waals surface area contributed by atoms with Crippen LogP contribution in [0.4, 0.5) is 0 Å². The molecule has 1 amide bonds. The summed E-state index contributed by atoms with van der Waals surface area (Å²) < 4.78 is 71.9. The van der Waals surface area contributed by atoms with Gasteiger partial charge in [0, 0.05) is 31.7 Å². The van der Waals surface area contributed by atoms with Gasteiger partial charge in [0.1, 0.15) is 29.8 Å². The fourth-order valence-corrected chi connectivity index (χ4v) is 13.2. The minimum Gasteiger partial charge on any atom is -0.497 e. The third-order valence-corrected chi connectivity index (χ3v) is 18.3. The van der Waals surface area contributed by atoms with Gasteiger partial charge in [-0.15, -0.1) is 0 Å². The van der Waals surface area contributed by atoms with Gasteiger partial charge in [0.25, 0.3) is 8.53 Å². The molecule has 2 aliphatic rings. The molecule has 0 aliphatic carbocycles. The van der Waals surface area contributed by atoms with Crippen LogP contribution in [0.25, 0.3) is 0 Å². The van der Waals surface area contributed by atoms with E-state index < -0.39 is 87.5 Å². The van der Waals surface area contributed by atoms with E-state index in [9.17, 15) is 24.4 Å². The predicted octanol–water partition coefficient (Wildman–Crippen LogP) is 12.7. The highest BCUT2D eigenvalue weighted by Crippen LogP contribution is 2.49. The van der Waals surface area contributed by atoms with Crippen molar-refractivity contribution in [1.82, 2.24) is 9.57 Å². The Morgan fingerprint density at radius 3 is 1.51 bits per heavy atom. The van der Waals surface area contributed by atoms with Crippen LogP contribution in [-0.4, -0.2) is 141 Å². The standard InChI is InChI=1S/C74H80N3O16P/c1-51(2)77(52(3)4)94(88-46-24-44-75)93-63-47-60(49-87-74(57-33-20-11-21-34-57,58-36-40-61(83-5)41-37-58)59-38-42-62(84-6)43-39-59)76(48-63)65(78)35-22-23-45-85-73-68(92-72(82)56-31-18-10-19-32-56)67(91-71(81)55-29-16-9-17-30-55)66(90-70(80)54-27-14-8-15-28-54)64(89-73)50-86-69(79)53-25-12-7-13-26-53/h7-21,25-34,36-43,51-52,60,63-64,66-68,73H,22-24,35,45-50H2,1-6H3/t60-,63+,64?,66+,67-,68?,73-,94?/m0/s1. The van der Waals surface area contributed by atoms with Gasteiger partial charge in [-0.25, -0.2) is 23.8 Å². The third kappa shape index (κ3) is 17.9. The van der Waals surface area contributed by atoms with Crippen molar-refractivity contribution in [3.8, 4) is 17.6 Å². The minimum atomic E-state index is -1.69. The van der Waals surface area contributed by atoms with Crippen molar-refractivity contribution in [2.45, 2.75) is 120 Å². The molecule has 7 aromatic rings. The Bertz CT molecular complexity index is 3510. The van der Waals surface area contributed by atoms with Crippen LogP contribution in [0.5, 0.6) is 11.5 Å². The first-order chi connectivity index (χ1) is 45.7. The second-order valence-electron chi connectivity index (χ2n) is 23.1. The van der Waals surface area contributed by atoms with E-state index in [0.29, 0.717) is 24.3 Å². The van der Waals surface area contributed by atoms with Gasteiger partial charge in [0.05, 0.1) is 74.3 Å². The van der Waals surface area contributed by atoms with Gasteiger partial charge in [-0.2, -0.15) is 5.26 Å². The largest absolute Gasteiger partial charge is 0.497 e.